The summed E-state index contributed by atoms with van der Waals surface area (Å²) in [6.45, 7) is -1.01. The van der Waals surface area contributed by atoms with E-state index < -0.39 is 57.0 Å². The molecule has 1 saturated heterocycles. The molecule has 118 valence electrons. The molecule has 1 rings (SSSR count). The summed E-state index contributed by atoms with van der Waals surface area (Å²) in [7, 11) is -4.90. The molecule has 1 fully saturated rings. The van der Waals surface area contributed by atoms with E-state index in [-0.39, 0.29) is 0 Å². The van der Waals surface area contributed by atoms with Crippen LogP contribution in [0.15, 0.2) is 0 Å². The Balaban J connectivity index is 2.80. The summed E-state index contributed by atoms with van der Waals surface area (Å²) < 4.78 is 19.0. The van der Waals surface area contributed by atoms with E-state index in [1.165, 1.54) is 0 Å². The molecule has 1 heterocycles. The van der Waals surface area contributed by atoms with Gasteiger partial charge in [-0.2, -0.15) is 0 Å². The van der Waals surface area contributed by atoms with Crippen LogP contribution in [0.4, 0.5) is 0 Å². The Labute approximate surface area is 112 Å². The summed E-state index contributed by atoms with van der Waals surface area (Å²) in [5.74, 6) is -4.69. The molecule has 0 amide bonds. The van der Waals surface area contributed by atoms with Gasteiger partial charge in [0.05, 0.1) is 12.7 Å². The number of rotatable bonds is 5. The van der Waals surface area contributed by atoms with Crippen LogP contribution < -0.4 is 0 Å². The van der Waals surface area contributed by atoms with Gasteiger partial charge in [0.15, 0.2) is 0 Å². The molecule has 0 radical (unpaired) electrons. The smallest absolute Gasteiger partial charge is 0.469 e. The van der Waals surface area contributed by atoms with Crippen LogP contribution in [0.25, 0.3) is 0 Å². The van der Waals surface area contributed by atoms with E-state index in [2.05, 4.69) is 9.26 Å². The average Bonchev–Trinajstić information content (AvgIpc) is 2.29. The second-order valence-corrected chi connectivity index (χ2v) is 5.53. The predicted octanol–water partition coefficient (Wildman–Crippen LogP) is -3.26. The molecule has 0 saturated carbocycles. The minimum absolute atomic E-state index is 0.841. The van der Waals surface area contributed by atoms with E-state index in [9.17, 15) is 29.8 Å². The molecule has 7 N–H and O–H groups in total. The van der Waals surface area contributed by atoms with Crippen molar-refractivity contribution < 1.29 is 53.9 Å². The normalized spacial score (nSPS) is 36.6. The molecule has 0 aromatic heterocycles. The second kappa shape index (κ2) is 6.02. The molecule has 11 nitrogen and oxygen atoms in total. The molecule has 5 unspecified atom stereocenters. The van der Waals surface area contributed by atoms with E-state index in [4.69, 9.17) is 14.9 Å². The number of carboxylic acid groups (broad SMARTS) is 1. The van der Waals surface area contributed by atoms with Crippen molar-refractivity contribution in [2.75, 3.05) is 6.61 Å². The van der Waals surface area contributed by atoms with E-state index in [1.54, 1.807) is 0 Å². The lowest BCUT2D eigenvalue weighted by atomic mass is 9.93. The second-order valence-electron chi connectivity index (χ2n) is 4.29. The lowest BCUT2D eigenvalue weighted by Gasteiger charge is -2.41. The van der Waals surface area contributed by atoms with E-state index in [0.717, 1.165) is 0 Å². The highest BCUT2D eigenvalue weighted by Crippen LogP contribution is 2.37. The number of aliphatic hydroxyl groups excluding tert-OH is 3. The van der Waals surface area contributed by atoms with Gasteiger partial charge in [0, 0.05) is 6.42 Å². The Morgan fingerprint density at radius 3 is 2.45 bits per heavy atom. The van der Waals surface area contributed by atoms with Crippen LogP contribution >= 0.6 is 7.82 Å². The Morgan fingerprint density at radius 1 is 1.45 bits per heavy atom. The molecular formula is C8H15O11P. The summed E-state index contributed by atoms with van der Waals surface area (Å²) >= 11 is 0. The zero-order valence-electron chi connectivity index (χ0n) is 9.93. The molecule has 5 atom stereocenters. The minimum Gasteiger partial charge on any atom is -0.477 e. The number of carboxylic acids is 1. The van der Waals surface area contributed by atoms with Crippen LogP contribution in [0, 0.1) is 0 Å². The van der Waals surface area contributed by atoms with Gasteiger partial charge in [-0.1, -0.05) is 0 Å². The molecule has 0 bridgehead atoms. The number of ether oxygens (including phenoxy) is 1. The minimum atomic E-state index is -4.90. The van der Waals surface area contributed by atoms with Gasteiger partial charge in [0.1, 0.15) is 18.3 Å². The van der Waals surface area contributed by atoms with Crippen LogP contribution in [0.5, 0.6) is 0 Å². The largest absolute Gasteiger partial charge is 0.477 e. The van der Waals surface area contributed by atoms with Gasteiger partial charge in [-0.15, -0.1) is 0 Å². The van der Waals surface area contributed by atoms with Gasteiger partial charge in [-0.25, -0.2) is 9.36 Å². The fraction of sp³-hybridized carbons (Fsp3) is 0.875. The van der Waals surface area contributed by atoms with Gasteiger partial charge in [0.25, 0.3) is 5.79 Å². The first-order valence-electron chi connectivity index (χ1n) is 5.34. The summed E-state index contributed by atoms with van der Waals surface area (Å²) in [5.41, 5.74) is 0. The maximum Gasteiger partial charge on any atom is 0.469 e. The highest BCUT2D eigenvalue weighted by atomic mass is 31.2. The number of aliphatic carboxylic acids is 1. The topological polar surface area (TPSA) is 194 Å². The van der Waals surface area contributed by atoms with E-state index in [0.29, 0.717) is 0 Å². The fourth-order valence-electron chi connectivity index (χ4n) is 1.68. The Hall–Kier alpha value is -0.620. The van der Waals surface area contributed by atoms with Crippen molar-refractivity contribution in [2.24, 2.45) is 0 Å². The quantitative estimate of drug-likeness (QED) is 0.251. The number of phosphoric acid groups is 1. The number of carbonyl (C=O) groups is 1. The first-order valence-corrected chi connectivity index (χ1v) is 6.87. The summed E-state index contributed by atoms with van der Waals surface area (Å²) in [4.78, 5) is 27.7. The molecule has 1 aliphatic heterocycles. The van der Waals surface area contributed by atoms with Crippen molar-refractivity contribution in [1.29, 1.82) is 0 Å². The van der Waals surface area contributed by atoms with E-state index in [1.807, 2.05) is 0 Å². The zero-order valence-corrected chi connectivity index (χ0v) is 10.8. The lowest BCUT2D eigenvalue weighted by molar-refractivity contribution is -0.308. The molecular weight excluding hydrogens is 303 g/mol. The van der Waals surface area contributed by atoms with Crippen LogP contribution in [-0.4, -0.2) is 78.1 Å². The van der Waals surface area contributed by atoms with Crippen molar-refractivity contribution in [3.8, 4) is 0 Å². The van der Waals surface area contributed by atoms with Gasteiger partial charge >= 0.3 is 13.8 Å². The Kier molecular flexibility index (Phi) is 5.24. The number of aliphatic hydroxyl groups is 4. The Morgan fingerprint density at radius 2 is 2.00 bits per heavy atom. The van der Waals surface area contributed by atoms with Gasteiger partial charge < -0.3 is 40.1 Å². The SMILES string of the molecule is O=C(O)C1(O)CC(O)C(O)C(C(O)COP(=O)(O)O)O1. The zero-order chi connectivity index (χ0) is 15.7. The molecule has 20 heavy (non-hydrogen) atoms. The highest BCUT2D eigenvalue weighted by molar-refractivity contribution is 7.46. The average molecular weight is 318 g/mol. The van der Waals surface area contributed by atoms with Crippen LogP contribution in [0.3, 0.4) is 0 Å². The third-order valence-electron chi connectivity index (χ3n) is 2.67. The molecule has 0 aliphatic carbocycles. The molecule has 0 aromatic rings. The van der Waals surface area contributed by atoms with Crippen LogP contribution in [0.2, 0.25) is 0 Å². The number of phosphoric ester groups is 1. The van der Waals surface area contributed by atoms with Crippen molar-refractivity contribution in [2.45, 2.75) is 36.6 Å². The maximum absolute atomic E-state index is 10.8. The number of hydrogen-bond acceptors (Lipinski definition) is 8. The van der Waals surface area contributed by atoms with Gasteiger partial charge in [0.2, 0.25) is 0 Å². The van der Waals surface area contributed by atoms with Crippen molar-refractivity contribution >= 4 is 13.8 Å². The molecule has 1 aliphatic rings. The van der Waals surface area contributed by atoms with Gasteiger partial charge in [-0.05, 0) is 0 Å². The lowest BCUT2D eigenvalue weighted by Crippen LogP contribution is -2.61. The number of hydrogen-bond donors (Lipinski definition) is 7. The van der Waals surface area contributed by atoms with Crippen molar-refractivity contribution in [1.82, 2.24) is 0 Å². The standard InChI is InChI=1S/C8H15O11P/c9-3-1-8(14,7(12)13)19-6(5(3)11)4(10)2-18-20(15,16)17/h3-6,9-11,14H,1-2H2,(H,12,13)(H2,15,16,17). The van der Waals surface area contributed by atoms with Crippen LogP contribution in [-0.2, 0) is 18.6 Å². The summed E-state index contributed by atoms with van der Waals surface area (Å²) in [6.07, 6.45) is -8.04. The van der Waals surface area contributed by atoms with E-state index >= 15 is 0 Å². The first-order chi connectivity index (χ1) is 8.96. The first kappa shape index (κ1) is 17.4. The summed E-state index contributed by atoms with van der Waals surface area (Å²) in [6, 6.07) is 0. The molecule has 0 aromatic carbocycles. The molecule has 0 spiro atoms. The maximum atomic E-state index is 10.8. The molecule has 12 heteroatoms. The monoisotopic (exact) mass is 318 g/mol. The highest BCUT2D eigenvalue weighted by Gasteiger charge is 2.52. The third kappa shape index (κ3) is 4.19. The third-order valence-corrected chi connectivity index (χ3v) is 3.16. The fourth-order valence-corrected chi connectivity index (χ4v) is 2.03. The Bertz CT molecular complexity index is 407. The van der Waals surface area contributed by atoms with Crippen molar-refractivity contribution in [3.05, 3.63) is 0 Å². The van der Waals surface area contributed by atoms with Gasteiger partial charge in [-0.3, -0.25) is 4.52 Å². The van der Waals surface area contributed by atoms with Crippen LogP contribution in [0.1, 0.15) is 6.42 Å². The predicted molar refractivity (Wildman–Crippen MR) is 58.1 cm³/mol. The van der Waals surface area contributed by atoms with Crippen molar-refractivity contribution in [3.63, 3.8) is 0 Å². The summed E-state index contributed by atoms with van der Waals surface area (Å²) in [5, 5.41) is 46.9.